The van der Waals surface area contributed by atoms with E-state index in [-0.39, 0.29) is 23.7 Å². The summed E-state index contributed by atoms with van der Waals surface area (Å²) >= 11 is 0. The maximum Gasteiger partial charge on any atom is 0.291 e. The molecule has 25 heavy (non-hydrogen) atoms. The third kappa shape index (κ3) is 17.3. The van der Waals surface area contributed by atoms with Gasteiger partial charge in [-0.1, -0.05) is 20.8 Å². The Bertz CT molecular complexity index is 387. The normalized spacial score (nSPS) is 14.2. The first-order valence-corrected chi connectivity index (χ1v) is 6.93. The van der Waals surface area contributed by atoms with E-state index in [2.05, 4.69) is 0 Å². The zero-order valence-corrected chi connectivity index (χ0v) is 13.8. The van der Waals surface area contributed by atoms with E-state index in [9.17, 15) is 25.3 Å². The highest BCUT2D eigenvalue weighted by atomic mass is 16.9. The molecule has 0 saturated heterocycles. The fourth-order valence-corrected chi connectivity index (χ4v) is 2.02. The van der Waals surface area contributed by atoms with E-state index in [1.165, 1.54) is 0 Å². The first-order chi connectivity index (χ1) is 11.3. The molecule has 0 aliphatic carbocycles. The summed E-state index contributed by atoms with van der Waals surface area (Å²) in [5.41, 5.74) is 0. The van der Waals surface area contributed by atoms with Crippen LogP contribution >= 0.6 is 0 Å². The number of aliphatic hydroxyl groups excluding tert-OH is 1. The second kappa shape index (κ2) is 14.7. The van der Waals surface area contributed by atoms with Crippen molar-refractivity contribution in [1.29, 1.82) is 0 Å². The van der Waals surface area contributed by atoms with Crippen molar-refractivity contribution in [3.8, 4) is 0 Å². The largest absolute Gasteiger partial charge is 0.386 e. The maximum atomic E-state index is 10.7. The third-order valence-electron chi connectivity index (χ3n) is 3.09. The van der Waals surface area contributed by atoms with Crippen LogP contribution in [0.1, 0.15) is 40.0 Å². The van der Waals surface area contributed by atoms with Crippen molar-refractivity contribution >= 4 is 0 Å². The van der Waals surface area contributed by atoms with E-state index in [0.717, 1.165) is 0 Å². The lowest BCUT2D eigenvalue weighted by molar-refractivity contribution is -0.742. The summed E-state index contributed by atoms with van der Waals surface area (Å²) in [6.45, 7) is 4.96. The minimum Gasteiger partial charge on any atom is -0.386 e. The predicted molar refractivity (Wildman–Crippen MR) is 79.5 cm³/mol. The van der Waals surface area contributed by atoms with Crippen molar-refractivity contribution in [2.75, 3.05) is 0 Å². The van der Waals surface area contributed by atoms with Crippen molar-refractivity contribution in [2.24, 2.45) is 5.92 Å². The molecule has 0 bridgehead atoms. The lowest BCUT2D eigenvalue weighted by Crippen LogP contribution is -2.37. The van der Waals surface area contributed by atoms with Crippen LogP contribution in [0.15, 0.2) is 0 Å². The Balaban J connectivity index is -0.000000503. The van der Waals surface area contributed by atoms with Crippen LogP contribution in [-0.4, -0.2) is 53.7 Å². The van der Waals surface area contributed by atoms with Gasteiger partial charge in [0.15, 0.2) is 0 Å². The lowest BCUT2D eigenvalue weighted by atomic mass is 9.91. The van der Waals surface area contributed by atoms with Gasteiger partial charge in [0, 0.05) is 28.6 Å². The van der Waals surface area contributed by atoms with Crippen LogP contribution < -0.4 is 0 Å². The van der Waals surface area contributed by atoms with Crippen LogP contribution in [0, 0.1) is 46.4 Å². The quantitative estimate of drug-likeness (QED) is 0.396. The molecule has 0 saturated carbocycles. The molecule has 15 nitrogen and oxygen atoms in total. The summed E-state index contributed by atoms with van der Waals surface area (Å²) < 4.78 is 0. The second-order valence-corrected chi connectivity index (χ2v) is 4.78. The molecule has 0 heterocycles. The fourth-order valence-electron chi connectivity index (χ4n) is 2.02. The highest BCUT2D eigenvalue weighted by molar-refractivity contribution is 4.73. The summed E-state index contributed by atoms with van der Waals surface area (Å²) in [7, 11) is 0. The van der Waals surface area contributed by atoms with Gasteiger partial charge in [0.25, 0.3) is 10.2 Å². The molecule has 0 aliphatic heterocycles. The van der Waals surface area contributed by atoms with Gasteiger partial charge in [-0.2, -0.15) is 0 Å². The van der Waals surface area contributed by atoms with E-state index in [1.807, 2.05) is 0 Å². The van der Waals surface area contributed by atoms with E-state index in [1.54, 1.807) is 20.8 Å². The summed E-state index contributed by atoms with van der Waals surface area (Å²) in [5, 5.41) is 58.3. The third-order valence-corrected chi connectivity index (χ3v) is 3.09. The van der Waals surface area contributed by atoms with Crippen LogP contribution in [-0.2, 0) is 0 Å². The Morgan fingerprint density at radius 2 is 1.08 bits per heavy atom. The van der Waals surface area contributed by atoms with E-state index < -0.39 is 33.3 Å². The smallest absolute Gasteiger partial charge is 0.291 e. The van der Waals surface area contributed by atoms with Crippen molar-refractivity contribution in [2.45, 2.75) is 58.2 Å². The van der Waals surface area contributed by atoms with Crippen molar-refractivity contribution < 1.29 is 35.5 Å². The van der Waals surface area contributed by atoms with Crippen LogP contribution in [0.4, 0.5) is 0 Å². The number of rotatable bonds is 8. The predicted octanol–water partition coefficient (Wildman–Crippen LogP) is 0.789. The lowest BCUT2D eigenvalue weighted by Gasteiger charge is -2.20. The molecular weight excluding hydrogens is 352 g/mol. The number of nitrogens with zero attached hydrogens (tertiary/aromatic N) is 4. The topological polar surface area (TPSA) is 233 Å². The minimum absolute atomic E-state index is 0.0823. The number of aliphatic hydroxyl groups is 1. The molecule has 4 unspecified atom stereocenters. The van der Waals surface area contributed by atoms with Gasteiger partial charge in [-0.25, -0.2) is 0 Å². The SMILES string of the molecule is CCC(C(C)CC(O)C(CC)[N+](=O)[O-])[N+](=O)[O-].O=[N+]([O-])O.O=[N+]([O-])O. The highest BCUT2D eigenvalue weighted by Crippen LogP contribution is 2.19. The molecular formula is C10H22N4O11. The molecule has 0 aromatic heterocycles. The zero-order valence-electron chi connectivity index (χ0n) is 13.8. The van der Waals surface area contributed by atoms with Crippen molar-refractivity contribution in [3.63, 3.8) is 0 Å². The Morgan fingerprint density at radius 1 is 0.800 bits per heavy atom. The van der Waals surface area contributed by atoms with Gasteiger partial charge in [0.2, 0.25) is 12.1 Å². The number of nitro groups is 2. The first-order valence-electron chi connectivity index (χ1n) is 6.93. The molecule has 0 radical (unpaired) electrons. The molecule has 0 aromatic carbocycles. The highest BCUT2D eigenvalue weighted by Gasteiger charge is 2.34. The van der Waals surface area contributed by atoms with Crippen LogP contribution in [0.3, 0.4) is 0 Å². The van der Waals surface area contributed by atoms with Crippen LogP contribution in [0.5, 0.6) is 0 Å². The Labute approximate surface area is 141 Å². The average Bonchev–Trinajstić information content (AvgIpc) is 2.37. The van der Waals surface area contributed by atoms with Gasteiger partial charge in [-0.15, -0.1) is 20.2 Å². The molecule has 0 aromatic rings. The summed E-state index contributed by atoms with van der Waals surface area (Å²) in [5.74, 6) is -0.376. The van der Waals surface area contributed by atoms with Gasteiger partial charge in [0.1, 0.15) is 6.10 Å². The molecule has 0 aliphatic rings. The van der Waals surface area contributed by atoms with Gasteiger partial charge < -0.3 is 15.5 Å². The zero-order chi connectivity index (χ0) is 20.7. The Kier molecular flexibility index (Phi) is 15.9. The molecule has 148 valence electrons. The monoisotopic (exact) mass is 374 g/mol. The van der Waals surface area contributed by atoms with Gasteiger partial charge in [-0.3, -0.25) is 20.2 Å². The molecule has 0 fully saturated rings. The molecule has 15 heteroatoms. The van der Waals surface area contributed by atoms with E-state index >= 15 is 0 Å². The minimum atomic E-state index is -1.50. The van der Waals surface area contributed by atoms with Gasteiger partial charge in [-0.05, 0) is 6.42 Å². The molecule has 0 rings (SSSR count). The fraction of sp³-hybridized carbons (Fsp3) is 1.00. The Morgan fingerprint density at radius 3 is 1.28 bits per heavy atom. The maximum absolute atomic E-state index is 10.7. The van der Waals surface area contributed by atoms with E-state index in [0.29, 0.717) is 6.42 Å². The molecule has 0 amide bonds. The molecule has 3 N–H and O–H groups in total. The van der Waals surface area contributed by atoms with Gasteiger partial charge in [0.05, 0.1) is 0 Å². The van der Waals surface area contributed by atoms with Crippen LogP contribution in [0.2, 0.25) is 0 Å². The Hall–Kier alpha value is -2.84. The summed E-state index contributed by atoms with van der Waals surface area (Å²) in [6.07, 6.45) is -0.468. The van der Waals surface area contributed by atoms with E-state index in [4.69, 9.17) is 30.6 Å². The summed E-state index contributed by atoms with van der Waals surface area (Å²) in [6, 6.07) is -1.80. The number of hydrogen-bond donors (Lipinski definition) is 3. The van der Waals surface area contributed by atoms with Crippen LogP contribution in [0.25, 0.3) is 0 Å². The second-order valence-electron chi connectivity index (χ2n) is 4.78. The number of hydrogen-bond acceptors (Lipinski definition) is 9. The van der Waals surface area contributed by atoms with Crippen molar-refractivity contribution in [3.05, 3.63) is 40.5 Å². The molecule has 0 spiro atoms. The standard InChI is InChI=1S/C10H20N2O5.2HNO3/c1-4-8(11(14)15)7(3)6-10(13)9(5-2)12(16)17;2*2-1(3)4/h7-10,13H,4-6H2,1-3H3;2*(H,2,3,4). The first kappa shape index (κ1) is 27.0. The summed E-state index contributed by atoms with van der Waals surface area (Å²) in [4.78, 5) is 37.2. The molecule has 4 atom stereocenters. The van der Waals surface area contributed by atoms with Gasteiger partial charge >= 0.3 is 0 Å². The average molecular weight is 374 g/mol. The van der Waals surface area contributed by atoms with Crippen molar-refractivity contribution in [1.82, 2.24) is 0 Å².